The van der Waals surface area contributed by atoms with Crippen LogP contribution in [0.4, 0.5) is 4.39 Å². The predicted octanol–water partition coefficient (Wildman–Crippen LogP) is 3.55. The first-order chi connectivity index (χ1) is 8.61. The lowest BCUT2D eigenvalue weighted by molar-refractivity contribution is 0.0491. The molecule has 0 saturated carbocycles. The first kappa shape index (κ1) is 16.4. The summed E-state index contributed by atoms with van der Waals surface area (Å²) in [7, 11) is 0. The van der Waals surface area contributed by atoms with E-state index in [0.29, 0.717) is 18.5 Å². The van der Waals surface area contributed by atoms with Crippen LogP contribution in [-0.2, 0) is 6.42 Å². The molecule has 1 aromatic carbocycles. The molecule has 0 saturated heterocycles. The molecule has 0 amide bonds. The van der Waals surface area contributed by atoms with E-state index in [4.69, 9.17) is 11.6 Å². The molecule has 1 rings (SSSR count). The number of hydrogen-bond acceptors (Lipinski definition) is 2. The van der Waals surface area contributed by atoms with Crippen LogP contribution in [0.1, 0.15) is 39.7 Å². The number of benzene rings is 1. The smallest absolute Gasteiger partial charge is 0.145 e. The van der Waals surface area contributed by atoms with E-state index in [-0.39, 0.29) is 17.0 Å². The van der Waals surface area contributed by atoms with E-state index < -0.39 is 11.4 Å². The summed E-state index contributed by atoms with van der Waals surface area (Å²) in [6, 6.07) is 4.87. The van der Waals surface area contributed by atoms with Crippen molar-refractivity contribution in [1.82, 2.24) is 5.32 Å². The van der Waals surface area contributed by atoms with Crippen LogP contribution in [-0.4, -0.2) is 22.8 Å². The maximum Gasteiger partial charge on any atom is 0.145 e. The van der Waals surface area contributed by atoms with Gasteiger partial charge in [0.2, 0.25) is 0 Å². The molecule has 0 aliphatic rings. The Morgan fingerprint density at radius 1 is 1.26 bits per heavy atom. The van der Waals surface area contributed by atoms with Crippen molar-refractivity contribution in [2.24, 2.45) is 0 Å². The monoisotopic (exact) mass is 287 g/mol. The minimum Gasteiger partial charge on any atom is -0.390 e. The van der Waals surface area contributed by atoms with Gasteiger partial charge in [-0.25, -0.2) is 4.39 Å². The molecular weight excluding hydrogens is 265 g/mol. The lowest BCUT2D eigenvalue weighted by atomic mass is 9.92. The van der Waals surface area contributed by atoms with Gasteiger partial charge in [-0.1, -0.05) is 23.7 Å². The zero-order valence-electron chi connectivity index (χ0n) is 12.1. The van der Waals surface area contributed by atoms with Crippen LogP contribution in [0.3, 0.4) is 0 Å². The lowest BCUT2D eigenvalue weighted by Crippen LogP contribution is -2.40. The van der Waals surface area contributed by atoms with Crippen molar-refractivity contribution in [2.45, 2.75) is 51.7 Å². The van der Waals surface area contributed by atoms with Crippen molar-refractivity contribution in [3.63, 3.8) is 0 Å². The fraction of sp³-hybridized carbons (Fsp3) is 0.600. The molecule has 1 unspecified atom stereocenters. The number of rotatable bonds is 5. The number of aliphatic hydroxyl groups is 1. The second-order valence-corrected chi connectivity index (χ2v) is 6.72. The summed E-state index contributed by atoms with van der Waals surface area (Å²) in [4.78, 5) is 0. The Morgan fingerprint density at radius 2 is 1.89 bits per heavy atom. The second-order valence-electron chi connectivity index (χ2n) is 6.31. The minimum atomic E-state index is -0.955. The van der Waals surface area contributed by atoms with Gasteiger partial charge in [-0.05, 0) is 52.3 Å². The van der Waals surface area contributed by atoms with Crippen LogP contribution in [0.2, 0.25) is 5.02 Å². The Morgan fingerprint density at radius 3 is 2.47 bits per heavy atom. The van der Waals surface area contributed by atoms with E-state index in [9.17, 15) is 9.50 Å². The normalized spacial score (nSPS) is 15.3. The molecule has 0 aliphatic heterocycles. The van der Waals surface area contributed by atoms with Crippen LogP contribution >= 0.6 is 11.6 Å². The molecule has 19 heavy (non-hydrogen) atoms. The van der Waals surface area contributed by atoms with Gasteiger partial charge >= 0.3 is 0 Å². The topological polar surface area (TPSA) is 32.3 Å². The molecule has 0 bridgehead atoms. The van der Waals surface area contributed by atoms with Gasteiger partial charge in [0.1, 0.15) is 5.82 Å². The molecule has 0 heterocycles. The molecule has 2 N–H and O–H groups in total. The summed E-state index contributed by atoms with van der Waals surface area (Å²) in [6.45, 7) is 8.60. The quantitative estimate of drug-likeness (QED) is 0.868. The van der Waals surface area contributed by atoms with Gasteiger partial charge < -0.3 is 10.4 Å². The second kappa shape index (κ2) is 6.21. The number of halogens is 2. The van der Waals surface area contributed by atoms with E-state index in [1.54, 1.807) is 19.1 Å². The van der Waals surface area contributed by atoms with Gasteiger partial charge in [-0.15, -0.1) is 0 Å². The largest absolute Gasteiger partial charge is 0.390 e. The molecule has 0 aromatic heterocycles. The van der Waals surface area contributed by atoms with Gasteiger partial charge in [0.25, 0.3) is 0 Å². The van der Waals surface area contributed by atoms with Crippen LogP contribution in [0.5, 0.6) is 0 Å². The highest BCUT2D eigenvalue weighted by Gasteiger charge is 2.23. The molecule has 0 spiro atoms. The molecule has 1 aromatic rings. The Labute approximate surface area is 120 Å². The zero-order valence-corrected chi connectivity index (χ0v) is 12.8. The van der Waals surface area contributed by atoms with Crippen molar-refractivity contribution >= 4 is 11.6 Å². The third-order valence-corrected chi connectivity index (χ3v) is 3.21. The van der Waals surface area contributed by atoms with Gasteiger partial charge in [-0.3, -0.25) is 0 Å². The molecule has 0 fully saturated rings. The summed E-state index contributed by atoms with van der Waals surface area (Å²) >= 11 is 5.74. The SMILES string of the molecule is CC(O)(CCNC(C)(C)C)Cc1cccc(Cl)c1F. The van der Waals surface area contributed by atoms with Crippen molar-refractivity contribution in [1.29, 1.82) is 0 Å². The molecule has 4 heteroatoms. The third kappa shape index (κ3) is 5.89. The van der Waals surface area contributed by atoms with E-state index in [0.717, 1.165) is 0 Å². The van der Waals surface area contributed by atoms with Crippen molar-refractivity contribution in [2.75, 3.05) is 6.54 Å². The summed E-state index contributed by atoms with van der Waals surface area (Å²) in [6.07, 6.45) is 0.807. The summed E-state index contributed by atoms with van der Waals surface area (Å²) in [5.41, 5.74) is -0.491. The number of hydrogen-bond donors (Lipinski definition) is 2. The Bertz CT molecular complexity index is 427. The van der Waals surface area contributed by atoms with Gasteiger partial charge in [0.15, 0.2) is 0 Å². The Kier molecular flexibility index (Phi) is 5.36. The zero-order chi connectivity index (χ0) is 14.7. The van der Waals surface area contributed by atoms with Crippen LogP contribution in [0.15, 0.2) is 18.2 Å². The van der Waals surface area contributed by atoms with Crippen molar-refractivity contribution < 1.29 is 9.50 Å². The maximum absolute atomic E-state index is 13.8. The van der Waals surface area contributed by atoms with E-state index >= 15 is 0 Å². The number of nitrogens with one attached hydrogen (secondary N) is 1. The highest BCUT2D eigenvalue weighted by Crippen LogP contribution is 2.23. The molecular formula is C15H23ClFNO. The highest BCUT2D eigenvalue weighted by atomic mass is 35.5. The summed E-state index contributed by atoms with van der Waals surface area (Å²) in [5, 5.41) is 13.7. The molecule has 0 aliphatic carbocycles. The maximum atomic E-state index is 13.8. The van der Waals surface area contributed by atoms with Crippen LogP contribution in [0.25, 0.3) is 0 Å². The van der Waals surface area contributed by atoms with E-state index in [1.165, 1.54) is 6.07 Å². The fourth-order valence-corrected chi connectivity index (χ4v) is 2.08. The summed E-state index contributed by atoms with van der Waals surface area (Å²) in [5.74, 6) is -0.437. The molecule has 1 atom stereocenters. The van der Waals surface area contributed by atoms with Gasteiger partial charge in [0, 0.05) is 12.0 Å². The highest BCUT2D eigenvalue weighted by molar-refractivity contribution is 6.30. The van der Waals surface area contributed by atoms with Crippen LogP contribution in [0, 0.1) is 5.82 Å². The van der Waals surface area contributed by atoms with Crippen molar-refractivity contribution in [3.05, 3.63) is 34.6 Å². The lowest BCUT2D eigenvalue weighted by Gasteiger charge is -2.27. The van der Waals surface area contributed by atoms with Crippen LogP contribution < -0.4 is 5.32 Å². The summed E-state index contributed by atoms with van der Waals surface area (Å²) < 4.78 is 13.8. The Hall–Kier alpha value is -0.640. The minimum absolute atomic E-state index is 0.0113. The van der Waals surface area contributed by atoms with Crippen molar-refractivity contribution in [3.8, 4) is 0 Å². The van der Waals surface area contributed by atoms with E-state index in [1.807, 2.05) is 0 Å². The predicted molar refractivity (Wildman–Crippen MR) is 78.1 cm³/mol. The average molecular weight is 288 g/mol. The van der Waals surface area contributed by atoms with Gasteiger partial charge in [-0.2, -0.15) is 0 Å². The Balaban J connectivity index is 2.61. The first-order valence-corrected chi connectivity index (χ1v) is 6.89. The average Bonchev–Trinajstić information content (AvgIpc) is 2.22. The van der Waals surface area contributed by atoms with Gasteiger partial charge in [0.05, 0.1) is 10.6 Å². The third-order valence-electron chi connectivity index (χ3n) is 2.92. The fourth-order valence-electron chi connectivity index (χ4n) is 1.89. The van der Waals surface area contributed by atoms with E-state index in [2.05, 4.69) is 26.1 Å². The molecule has 0 radical (unpaired) electrons. The molecule has 2 nitrogen and oxygen atoms in total. The first-order valence-electron chi connectivity index (χ1n) is 6.51. The standard InChI is InChI=1S/C15H23ClFNO/c1-14(2,3)18-9-8-15(4,19)10-11-6-5-7-12(16)13(11)17/h5-7,18-19H,8-10H2,1-4H3. The molecule has 108 valence electrons.